The van der Waals surface area contributed by atoms with Crippen LogP contribution in [-0.4, -0.2) is 17.9 Å². The van der Waals surface area contributed by atoms with Gasteiger partial charge in [-0.1, -0.05) is 121 Å². The molecule has 0 saturated carbocycles. The van der Waals surface area contributed by atoms with E-state index in [1.165, 1.54) is 77.0 Å². The number of unbranched alkanes of at least 4 members (excludes halogenated alkanes) is 11. The summed E-state index contributed by atoms with van der Waals surface area (Å²) < 4.78 is 5.59. The Balaban J connectivity index is 0. The maximum Gasteiger partial charge on any atom is 0.308 e. The van der Waals surface area contributed by atoms with Crippen LogP contribution in [0.4, 0.5) is 0 Å². The highest BCUT2D eigenvalue weighted by atomic mass is 79.9. The van der Waals surface area contributed by atoms with Crippen LogP contribution < -0.4 is 0 Å². The molecule has 0 aromatic carbocycles. The van der Waals surface area contributed by atoms with Crippen molar-refractivity contribution in [2.24, 2.45) is 5.92 Å². The summed E-state index contributed by atoms with van der Waals surface area (Å²) in [5.41, 5.74) is 0. The van der Waals surface area contributed by atoms with E-state index in [-0.39, 0.29) is 11.9 Å². The second kappa shape index (κ2) is 26.0. The SMILES string of the molecule is CC.CCCCCCCCC(CCCCCC)C(=O)OCCCCCCBr. The van der Waals surface area contributed by atoms with Crippen molar-refractivity contribution in [3.63, 3.8) is 0 Å². The van der Waals surface area contributed by atoms with Gasteiger partial charge in [0.05, 0.1) is 12.5 Å². The molecule has 0 heterocycles. The van der Waals surface area contributed by atoms with Gasteiger partial charge in [0.15, 0.2) is 0 Å². The van der Waals surface area contributed by atoms with Gasteiger partial charge in [0.2, 0.25) is 0 Å². The number of hydrogen-bond donors (Lipinski definition) is 0. The lowest BCUT2D eigenvalue weighted by molar-refractivity contribution is -0.149. The van der Waals surface area contributed by atoms with Crippen molar-refractivity contribution in [2.75, 3.05) is 11.9 Å². The lowest BCUT2D eigenvalue weighted by Crippen LogP contribution is -2.18. The molecule has 0 saturated heterocycles. The molecule has 0 aromatic heterocycles. The fourth-order valence-electron chi connectivity index (χ4n) is 3.21. The molecule has 0 spiro atoms. The Morgan fingerprint density at radius 1 is 0.704 bits per heavy atom. The molecule has 0 fully saturated rings. The van der Waals surface area contributed by atoms with Gasteiger partial charge in [0.25, 0.3) is 0 Å². The molecule has 0 amide bonds. The molecule has 27 heavy (non-hydrogen) atoms. The smallest absolute Gasteiger partial charge is 0.308 e. The van der Waals surface area contributed by atoms with Gasteiger partial charge in [-0.25, -0.2) is 0 Å². The molecule has 0 rings (SSSR count). The molecule has 1 atom stereocenters. The zero-order valence-corrected chi connectivity index (χ0v) is 20.6. The molecule has 0 aliphatic carbocycles. The summed E-state index contributed by atoms with van der Waals surface area (Å²) in [6.45, 7) is 9.10. The van der Waals surface area contributed by atoms with Gasteiger partial charge < -0.3 is 4.74 Å². The number of ether oxygens (including phenoxy) is 1. The number of halogens is 1. The highest BCUT2D eigenvalue weighted by molar-refractivity contribution is 9.09. The summed E-state index contributed by atoms with van der Waals surface area (Å²) in [7, 11) is 0. The van der Waals surface area contributed by atoms with E-state index in [1.54, 1.807) is 0 Å². The van der Waals surface area contributed by atoms with Gasteiger partial charge in [0, 0.05) is 5.33 Å². The van der Waals surface area contributed by atoms with E-state index in [2.05, 4.69) is 29.8 Å². The first-order valence-electron chi connectivity index (χ1n) is 12.0. The first-order valence-corrected chi connectivity index (χ1v) is 13.1. The van der Waals surface area contributed by atoms with E-state index in [9.17, 15) is 4.79 Å². The molecule has 0 radical (unpaired) electrons. The Bertz CT molecular complexity index is 282. The summed E-state index contributed by atoms with van der Waals surface area (Å²) >= 11 is 3.45. The van der Waals surface area contributed by atoms with E-state index in [4.69, 9.17) is 4.74 Å². The molecule has 3 heteroatoms. The fourth-order valence-corrected chi connectivity index (χ4v) is 3.61. The third kappa shape index (κ3) is 22.1. The lowest BCUT2D eigenvalue weighted by Gasteiger charge is -2.16. The first-order chi connectivity index (χ1) is 13.3. The van der Waals surface area contributed by atoms with Crippen LogP contribution in [0.5, 0.6) is 0 Å². The minimum absolute atomic E-state index is 0.0746. The zero-order valence-electron chi connectivity index (χ0n) is 19.0. The van der Waals surface area contributed by atoms with Crippen molar-refractivity contribution in [3.05, 3.63) is 0 Å². The predicted molar refractivity (Wildman–Crippen MR) is 125 cm³/mol. The van der Waals surface area contributed by atoms with Crippen LogP contribution in [0.15, 0.2) is 0 Å². The summed E-state index contributed by atoms with van der Waals surface area (Å²) in [5, 5.41) is 1.07. The van der Waals surface area contributed by atoms with E-state index in [0.29, 0.717) is 6.61 Å². The summed E-state index contributed by atoms with van der Waals surface area (Å²) in [6, 6.07) is 0. The first kappa shape index (κ1) is 29.2. The van der Waals surface area contributed by atoms with Crippen molar-refractivity contribution in [2.45, 2.75) is 130 Å². The van der Waals surface area contributed by atoms with Gasteiger partial charge in [-0.3, -0.25) is 4.79 Å². The van der Waals surface area contributed by atoms with Crippen molar-refractivity contribution < 1.29 is 9.53 Å². The molecule has 0 N–H and O–H groups in total. The minimum Gasteiger partial charge on any atom is -0.465 e. The van der Waals surface area contributed by atoms with Crippen LogP contribution in [0.1, 0.15) is 130 Å². The van der Waals surface area contributed by atoms with Gasteiger partial charge in [-0.15, -0.1) is 0 Å². The van der Waals surface area contributed by atoms with Crippen LogP contribution in [0.25, 0.3) is 0 Å². The number of carbonyl (C=O) groups is 1. The number of hydrogen-bond acceptors (Lipinski definition) is 2. The van der Waals surface area contributed by atoms with Gasteiger partial charge >= 0.3 is 5.97 Å². The zero-order chi connectivity index (χ0) is 20.6. The van der Waals surface area contributed by atoms with Crippen LogP contribution in [0.3, 0.4) is 0 Å². The molecule has 0 aliphatic heterocycles. The highest BCUT2D eigenvalue weighted by Gasteiger charge is 2.19. The van der Waals surface area contributed by atoms with E-state index in [0.717, 1.165) is 31.0 Å². The second-order valence-electron chi connectivity index (χ2n) is 7.37. The lowest BCUT2D eigenvalue weighted by atomic mass is 9.94. The van der Waals surface area contributed by atoms with E-state index in [1.807, 2.05) is 13.8 Å². The van der Waals surface area contributed by atoms with Crippen molar-refractivity contribution in [1.29, 1.82) is 0 Å². The normalized spacial score (nSPS) is 11.6. The molecule has 1 unspecified atom stereocenters. The number of rotatable bonds is 19. The fraction of sp³-hybridized carbons (Fsp3) is 0.958. The van der Waals surface area contributed by atoms with Crippen LogP contribution in [0.2, 0.25) is 0 Å². The average Bonchev–Trinajstić information content (AvgIpc) is 2.70. The minimum atomic E-state index is 0.0746. The van der Waals surface area contributed by atoms with Gasteiger partial charge in [-0.05, 0) is 25.7 Å². The quantitative estimate of drug-likeness (QED) is 0.112. The standard InChI is InChI=1S/C22H43BrO2.C2H6/c1-3-5-7-9-10-14-18-21(17-13-8-6-4-2)22(24)25-20-16-12-11-15-19-23;1-2/h21H,3-20H2,1-2H3;1-2H3. The summed E-state index contributed by atoms with van der Waals surface area (Å²) in [6.07, 6.45) is 19.4. The molecular formula is C24H49BrO2. The van der Waals surface area contributed by atoms with Crippen molar-refractivity contribution >= 4 is 21.9 Å². The highest BCUT2D eigenvalue weighted by Crippen LogP contribution is 2.20. The van der Waals surface area contributed by atoms with Crippen molar-refractivity contribution in [3.8, 4) is 0 Å². The Kier molecular flexibility index (Phi) is 28.0. The predicted octanol–water partition coefficient (Wildman–Crippen LogP) is 8.85. The monoisotopic (exact) mass is 448 g/mol. The van der Waals surface area contributed by atoms with Crippen LogP contribution in [-0.2, 0) is 9.53 Å². The second-order valence-corrected chi connectivity index (χ2v) is 8.17. The summed E-state index contributed by atoms with van der Waals surface area (Å²) in [4.78, 5) is 12.4. The van der Waals surface area contributed by atoms with Crippen molar-refractivity contribution in [1.82, 2.24) is 0 Å². The topological polar surface area (TPSA) is 26.3 Å². The Labute approximate surface area is 179 Å². The van der Waals surface area contributed by atoms with E-state index < -0.39 is 0 Å². The number of esters is 1. The van der Waals surface area contributed by atoms with Crippen LogP contribution in [0, 0.1) is 5.92 Å². The van der Waals surface area contributed by atoms with Crippen LogP contribution >= 0.6 is 15.9 Å². The molecule has 0 aliphatic rings. The molecule has 0 aromatic rings. The molecule has 2 nitrogen and oxygen atoms in total. The van der Waals surface area contributed by atoms with Gasteiger partial charge in [-0.2, -0.15) is 0 Å². The maximum atomic E-state index is 12.4. The number of carbonyl (C=O) groups excluding carboxylic acids is 1. The largest absolute Gasteiger partial charge is 0.465 e. The Hall–Kier alpha value is -0.0500. The Morgan fingerprint density at radius 2 is 1.15 bits per heavy atom. The summed E-state index contributed by atoms with van der Waals surface area (Å²) in [5.74, 6) is 0.219. The third-order valence-corrected chi connectivity index (χ3v) is 5.48. The Morgan fingerprint density at radius 3 is 1.70 bits per heavy atom. The third-order valence-electron chi connectivity index (χ3n) is 4.92. The molecule has 164 valence electrons. The van der Waals surface area contributed by atoms with E-state index >= 15 is 0 Å². The molecular weight excluding hydrogens is 400 g/mol. The molecule has 0 bridgehead atoms. The maximum absolute atomic E-state index is 12.4. The number of alkyl halides is 1. The average molecular weight is 450 g/mol. The van der Waals surface area contributed by atoms with Gasteiger partial charge in [0.1, 0.15) is 0 Å².